The van der Waals surface area contributed by atoms with Crippen LogP contribution in [0.5, 0.6) is 0 Å². The van der Waals surface area contributed by atoms with Crippen molar-refractivity contribution in [3.63, 3.8) is 0 Å². The number of nitrogens with two attached hydrogens (primary N) is 1. The average Bonchev–Trinajstić information content (AvgIpc) is 2.26. The molecule has 0 spiro atoms. The smallest absolute Gasteiger partial charge is 0.216 e. The lowest BCUT2D eigenvalue weighted by molar-refractivity contribution is 0.568. The third kappa shape index (κ3) is 3.28. The van der Waals surface area contributed by atoms with Gasteiger partial charge >= 0.3 is 0 Å². The topological polar surface area (TPSA) is 72.2 Å². The summed E-state index contributed by atoms with van der Waals surface area (Å²) in [6.07, 6.45) is 4.68. The number of benzene rings is 1. The fourth-order valence-corrected chi connectivity index (χ4v) is 2.97. The summed E-state index contributed by atoms with van der Waals surface area (Å²) in [7, 11) is -3.64. The van der Waals surface area contributed by atoms with Crippen molar-refractivity contribution in [3.8, 4) is 0 Å². The Labute approximate surface area is 102 Å². The van der Waals surface area contributed by atoms with Crippen molar-refractivity contribution in [2.45, 2.75) is 38.6 Å². The molecular formula is C12H18N2O2S. The highest BCUT2D eigenvalue weighted by molar-refractivity contribution is 7.87. The molecule has 4 nitrogen and oxygen atoms in total. The summed E-state index contributed by atoms with van der Waals surface area (Å²) in [6, 6.07) is 5.90. The Bertz CT molecular complexity index is 511. The Hall–Kier alpha value is -0.910. The molecule has 0 aliphatic heterocycles. The highest BCUT2D eigenvalue weighted by atomic mass is 32.2. The van der Waals surface area contributed by atoms with Crippen LogP contribution >= 0.6 is 0 Å². The van der Waals surface area contributed by atoms with Crippen molar-refractivity contribution in [2.24, 2.45) is 5.14 Å². The fourth-order valence-electron chi connectivity index (χ4n) is 2.34. The zero-order valence-electron chi connectivity index (χ0n) is 9.94. The van der Waals surface area contributed by atoms with Gasteiger partial charge in [0.05, 0.1) is 0 Å². The lowest BCUT2D eigenvalue weighted by Crippen LogP contribution is -2.33. The molecule has 94 valence electrons. The molecule has 0 radical (unpaired) electrons. The van der Waals surface area contributed by atoms with Crippen molar-refractivity contribution in [1.29, 1.82) is 0 Å². The summed E-state index contributed by atoms with van der Waals surface area (Å²) in [5.41, 5.74) is 3.71. The first-order valence-electron chi connectivity index (χ1n) is 5.87. The Balaban J connectivity index is 2.22. The molecular weight excluding hydrogens is 236 g/mol. The first-order chi connectivity index (χ1) is 7.96. The fraction of sp³-hybridized carbons (Fsp3) is 0.500. The van der Waals surface area contributed by atoms with Crippen LogP contribution in [0.25, 0.3) is 0 Å². The first-order valence-corrected chi connectivity index (χ1v) is 7.42. The number of nitrogens with one attached hydrogen (secondary N) is 1. The minimum atomic E-state index is -3.64. The third-order valence-corrected chi connectivity index (χ3v) is 3.90. The van der Waals surface area contributed by atoms with Crippen LogP contribution in [0.15, 0.2) is 18.2 Å². The maximum Gasteiger partial charge on any atom is 0.274 e. The molecule has 0 heterocycles. The van der Waals surface area contributed by atoms with Crippen LogP contribution in [0.2, 0.25) is 0 Å². The largest absolute Gasteiger partial charge is 0.274 e. The molecule has 17 heavy (non-hydrogen) atoms. The SMILES string of the molecule is CC(NS(N)(=O)=O)c1ccc2c(c1)CCCC2. The maximum absolute atomic E-state index is 11.0. The van der Waals surface area contributed by atoms with Crippen LogP contribution in [0, 0.1) is 0 Å². The summed E-state index contributed by atoms with van der Waals surface area (Å²) in [6.45, 7) is 1.80. The molecule has 0 amide bonds. The molecule has 5 heteroatoms. The van der Waals surface area contributed by atoms with E-state index in [0.29, 0.717) is 0 Å². The Morgan fingerprint density at radius 3 is 2.53 bits per heavy atom. The van der Waals surface area contributed by atoms with E-state index < -0.39 is 10.2 Å². The maximum atomic E-state index is 11.0. The number of hydrogen-bond donors (Lipinski definition) is 2. The van der Waals surface area contributed by atoms with Gasteiger partial charge in [-0.1, -0.05) is 18.2 Å². The standard InChI is InChI=1S/C12H18N2O2S/c1-9(14-17(13,15)16)11-7-6-10-4-2-3-5-12(10)8-11/h6-9,14H,2-5H2,1H3,(H2,13,15,16). The molecule has 1 unspecified atom stereocenters. The van der Waals surface area contributed by atoms with Gasteiger partial charge in [0, 0.05) is 6.04 Å². The average molecular weight is 254 g/mol. The Morgan fingerprint density at radius 2 is 1.88 bits per heavy atom. The normalized spacial score (nSPS) is 17.5. The molecule has 3 N–H and O–H groups in total. The number of rotatable bonds is 3. The van der Waals surface area contributed by atoms with E-state index in [1.165, 1.54) is 24.0 Å². The summed E-state index contributed by atoms with van der Waals surface area (Å²) in [5, 5.41) is 4.97. The minimum Gasteiger partial charge on any atom is -0.216 e. The van der Waals surface area contributed by atoms with Gasteiger partial charge in [-0.05, 0) is 49.3 Å². The molecule has 1 atom stereocenters. The van der Waals surface area contributed by atoms with E-state index in [4.69, 9.17) is 5.14 Å². The van der Waals surface area contributed by atoms with E-state index in [1.54, 1.807) is 6.92 Å². The van der Waals surface area contributed by atoms with Gasteiger partial charge in [0.1, 0.15) is 0 Å². The van der Waals surface area contributed by atoms with Crippen molar-refractivity contribution in [3.05, 3.63) is 34.9 Å². The minimum absolute atomic E-state index is 0.280. The van der Waals surface area contributed by atoms with Crippen molar-refractivity contribution >= 4 is 10.2 Å². The zero-order valence-corrected chi connectivity index (χ0v) is 10.8. The van der Waals surface area contributed by atoms with Crippen molar-refractivity contribution in [2.75, 3.05) is 0 Å². The zero-order chi connectivity index (χ0) is 12.5. The highest BCUT2D eigenvalue weighted by Gasteiger charge is 2.14. The van der Waals surface area contributed by atoms with Crippen molar-refractivity contribution in [1.82, 2.24) is 4.72 Å². The summed E-state index contributed by atoms with van der Waals surface area (Å²) in [4.78, 5) is 0. The molecule has 1 aromatic carbocycles. The van der Waals surface area contributed by atoms with Gasteiger partial charge in [-0.3, -0.25) is 0 Å². The summed E-state index contributed by atoms with van der Waals surface area (Å²) in [5.74, 6) is 0. The number of aryl methyl sites for hydroxylation is 2. The van der Waals surface area contributed by atoms with Gasteiger partial charge in [0.2, 0.25) is 0 Å². The lowest BCUT2D eigenvalue weighted by Gasteiger charge is -2.19. The third-order valence-electron chi connectivity index (χ3n) is 3.21. The monoisotopic (exact) mass is 254 g/mol. The summed E-state index contributed by atoms with van der Waals surface area (Å²) >= 11 is 0. The second kappa shape index (κ2) is 4.76. The second-order valence-corrected chi connectivity index (χ2v) is 5.95. The Morgan fingerprint density at radius 1 is 1.24 bits per heavy atom. The van der Waals surface area contributed by atoms with Crippen LogP contribution in [0.3, 0.4) is 0 Å². The molecule has 0 saturated heterocycles. The van der Waals surface area contributed by atoms with Gasteiger partial charge < -0.3 is 0 Å². The van der Waals surface area contributed by atoms with Gasteiger partial charge in [-0.25, -0.2) is 5.14 Å². The van der Waals surface area contributed by atoms with E-state index >= 15 is 0 Å². The highest BCUT2D eigenvalue weighted by Crippen LogP contribution is 2.24. The van der Waals surface area contributed by atoms with Crippen LogP contribution in [0.1, 0.15) is 42.5 Å². The van der Waals surface area contributed by atoms with Crippen LogP contribution in [0.4, 0.5) is 0 Å². The molecule has 1 aromatic rings. The van der Waals surface area contributed by atoms with Crippen molar-refractivity contribution < 1.29 is 8.42 Å². The molecule has 0 aromatic heterocycles. The Kier molecular flexibility index (Phi) is 3.51. The summed E-state index contributed by atoms with van der Waals surface area (Å²) < 4.78 is 24.3. The number of fused-ring (bicyclic) bond motifs is 1. The van der Waals surface area contributed by atoms with Crippen LogP contribution < -0.4 is 9.86 Å². The number of hydrogen-bond acceptors (Lipinski definition) is 2. The first kappa shape index (κ1) is 12.5. The van der Waals surface area contributed by atoms with E-state index in [0.717, 1.165) is 18.4 Å². The van der Waals surface area contributed by atoms with Gasteiger partial charge in [-0.15, -0.1) is 0 Å². The molecule has 1 aliphatic rings. The van der Waals surface area contributed by atoms with E-state index in [2.05, 4.69) is 16.9 Å². The quantitative estimate of drug-likeness (QED) is 0.856. The predicted molar refractivity (Wildman–Crippen MR) is 67.7 cm³/mol. The van der Waals surface area contributed by atoms with E-state index in [1.807, 2.05) is 6.07 Å². The van der Waals surface area contributed by atoms with Gasteiger partial charge in [-0.2, -0.15) is 13.1 Å². The van der Waals surface area contributed by atoms with E-state index in [9.17, 15) is 8.42 Å². The molecule has 1 aliphatic carbocycles. The van der Waals surface area contributed by atoms with Crippen LogP contribution in [-0.4, -0.2) is 8.42 Å². The predicted octanol–water partition coefficient (Wildman–Crippen LogP) is 1.42. The van der Waals surface area contributed by atoms with Gasteiger partial charge in [0.15, 0.2) is 0 Å². The van der Waals surface area contributed by atoms with Crippen LogP contribution in [-0.2, 0) is 23.1 Å². The van der Waals surface area contributed by atoms with E-state index in [-0.39, 0.29) is 6.04 Å². The second-order valence-electron chi connectivity index (χ2n) is 4.62. The molecule has 0 saturated carbocycles. The molecule has 2 rings (SSSR count). The molecule has 0 fully saturated rings. The van der Waals surface area contributed by atoms with Gasteiger partial charge in [0.25, 0.3) is 10.2 Å². The lowest BCUT2D eigenvalue weighted by atomic mass is 9.89. The molecule has 0 bridgehead atoms.